The van der Waals surface area contributed by atoms with Gasteiger partial charge in [-0.3, -0.25) is 0 Å². The largest absolute Gasteiger partial charge is 0.494 e. The van der Waals surface area contributed by atoms with Gasteiger partial charge in [0.15, 0.2) is 18.1 Å². The minimum absolute atomic E-state index is 0.378. The molecule has 0 radical (unpaired) electrons. The molecule has 1 aromatic heterocycles. The molecule has 5 N–H and O–H groups in total. The fourth-order valence-electron chi connectivity index (χ4n) is 3.80. The Morgan fingerprint density at radius 2 is 1.81 bits per heavy atom. The zero-order valence-electron chi connectivity index (χ0n) is 17.5. The Morgan fingerprint density at radius 3 is 2.53 bits per heavy atom. The topological polar surface area (TPSA) is 134 Å². The number of hydrogen-bond donors (Lipinski definition) is 5. The van der Waals surface area contributed by atoms with Gasteiger partial charge >= 0.3 is 0 Å². The van der Waals surface area contributed by atoms with E-state index in [9.17, 15) is 20.4 Å². The van der Waals surface area contributed by atoms with E-state index in [-0.39, 0.29) is 0 Å². The monoisotopic (exact) mass is 445 g/mol. The molecule has 0 bridgehead atoms. The molecule has 5 atom stereocenters. The van der Waals surface area contributed by atoms with Crippen LogP contribution < -0.4 is 9.62 Å². The van der Waals surface area contributed by atoms with Gasteiger partial charge < -0.3 is 39.8 Å². The van der Waals surface area contributed by atoms with Gasteiger partial charge in [-0.1, -0.05) is 18.2 Å². The number of nitrogens with one attached hydrogen (secondary N) is 1. The van der Waals surface area contributed by atoms with Crippen molar-refractivity contribution < 1.29 is 39.7 Å². The van der Waals surface area contributed by atoms with Crippen molar-refractivity contribution in [1.29, 1.82) is 0 Å². The van der Waals surface area contributed by atoms with Gasteiger partial charge in [0, 0.05) is 17.1 Å². The lowest BCUT2D eigenvalue weighted by atomic mass is 9.99. The second-order valence-corrected chi connectivity index (χ2v) is 7.62. The molecule has 0 spiro atoms. The Labute approximate surface area is 184 Å². The fourth-order valence-corrected chi connectivity index (χ4v) is 3.80. The summed E-state index contributed by atoms with van der Waals surface area (Å²) in [5, 5.41) is 40.3. The van der Waals surface area contributed by atoms with Crippen LogP contribution in [0.1, 0.15) is 18.1 Å². The van der Waals surface area contributed by atoms with Crippen molar-refractivity contribution in [2.75, 3.05) is 13.2 Å². The van der Waals surface area contributed by atoms with Crippen LogP contribution in [0.5, 0.6) is 11.5 Å². The summed E-state index contributed by atoms with van der Waals surface area (Å²) in [6.07, 6.45) is -4.50. The molecule has 0 saturated carbocycles. The number of aliphatic hydroxyl groups excluding tert-OH is 4. The number of benzene rings is 2. The summed E-state index contributed by atoms with van der Waals surface area (Å²) < 4.78 is 10.6. The van der Waals surface area contributed by atoms with Crippen molar-refractivity contribution >= 4 is 10.9 Å². The molecule has 3 aromatic rings. The second kappa shape index (κ2) is 9.86. The van der Waals surface area contributed by atoms with E-state index in [1.54, 1.807) is 12.1 Å². The molecular weight excluding hydrogens is 418 g/mol. The molecular formula is C23H27NO8. The first-order chi connectivity index (χ1) is 15.5. The molecule has 32 heavy (non-hydrogen) atoms. The number of fused-ring (bicyclic) bond motifs is 1. The fraction of sp³-hybridized carbons (Fsp3) is 0.391. The molecule has 1 aliphatic heterocycles. The van der Waals surface area contributed by atoms with Crippen LogP contribution in [0.25, 0.3) is 10.9 Å². The van der Waals surface area contributed by atoms with Gasteiger partial charge in [-0.25, -0.2) is 0 Å². The lowest BCUT2D eigenvalue weighted by molar-refractivity contribution is -0.364. The summed E-state index contributed by atoms with van der Waals surface area (Å²) in [6.45, 7) is 1.99. The summed E-state index contributed by atoms with van der Waals surface area (Å²) in [5.74, 6) is 1.19. The third-order valence-corrected chi connectivity index (χ3v) is 5.47. The lowest BCUT2D eigenvalue weighted by Gasteiger charge is -2.38. The van der Waals surface area contributed by atoms with Gasteiger partial charge in [0.05, 0.1) is 13.2 Å². The van der Waals surface area contributed by atoms with Crippen LogP contribution in [-0.2, 0) is 16.0 Å². The van der Waals surface area contributed by atoms with Crippen LogP contribution in [-0.4, -0.2) is 69.3 Å². The number of H-pyrrole nitrogens is 1. The van der Waals surface area contributed by atoms with Gasteiger partial charge in [0.25, 0.3) is 0 Å². The molecule has 2 heterocycles. The molecule has 2 aromatic carbocycles. The van der Waals surface area contributed by atoms with Crippen molar-refractivity contribution in [2.45, 2.75) is 44.1 Å². The first-order valence-electron chi connectivity index (χ1n) is 10.5. The Hall–Kier alpha value is -2.66. The van der Waals surface area contributed by atoms with E-state index in [2.05, 4.69) is 4.98 Å². The maximum atomic E-state index is 10.2. The molecule has 9 nitrogen and oxygen atoms in total. The third-order valence-electron chi connectivity index (χ3n) is 5.47. The standard InChI is InChI=1S/C23H27NO8/c1-2-29-15-8-6-13(7-9-15)10-14-11-24-16-4-3-5-17(19(14)16)31-32-22-21(27)20(26)18(12-25)30-23(22)28/h3-9,11,18,20-28H,2,10,12H2,1H3/t18-,20-,21+,22-,23-/m1/s1. The molecule has 0 amide bonds. The lowest BCUT2D eigenvalue weighted by Crippen LogP contribution is -2.59. The van der Waals surface area contributed by atoms with Crippen molar-refractivity contribution in [3.8, 4) is 11.5 Å². The minimum atomic E-state index is -1.58. The second-order valence-electron chi connectivity index (χ2n) is 7.62. The van der Waals surface area contributed by atoms with Crippen LogP contribution in [0, 0.1) is 0 Å². The summed E-state index contributed by atoms with van der Waals surface area (Å²) in [7, 11) is 0. The maximum absolute atomic E-state index is 10.2. The van der Waals surface area contributed by atoms with Crippen molar-refractivity contribution in [3.05, 3.63) is 59.8 Å². The van der Waals surface area contributed by atoms with Gasteiger partial charge in [-0.2, -0.15) is 4.89 Å². The Morgan fingerprint density at radius 1 is 1.03 bits per heavy atom. The van der Waals surface area contributed by atoms with E-state index in [1.165, 1.54) is 0 Å². The number of aromatic nitrogens is 1. The zero-order chi connectivity index (χ0) is 22.7. The molecule has 0 aliphatic carbocycles. The SMILES string of the molecule is CCOc1ccc(Cc2c[nH]c3cccc(OO[C@@H]4[C@@H](O)[C@H](O)[C@@H](CO)O[C@H]4O)c23)cc1. The van der Waals surface area contributed by atoms with Gasteiger partial charge in [-0.15, -0.1) is 0 Å². The van der Waals surface area contributed by atoms with Crippen LogP contribution in [0.4, 0.5) is 0 Å². The molecule has 172 valence electrons. The number of hydrogen-bond acceptors (Lipinski definition) is 8. The maximum Gasteiger partial charge on any atom is 0.188 e. The Kier molecular flexibility index (Phi) is 6.95. The predicted molar refractivity (Wildman–Crippen MR) is 114 cm³/mol. The third kappa shape index (κ3) is 4.58. The highest BCUT2D eigenvalue weighted by Crippen LogP contribution is 2.32. The molecule has 0 unspecified atom stereocenters. The molecule has 1 fully saturated rings. The van der Waals surface area contributed by atoms with E-state index in [1.807, 2.05) is 43.5 Å². The average Bonchev–Trinajstić information content (AvgIpc) is 3.21. The molecule has 1 aliphatic rings. The van der Waals surface area contributed by atoms with Crippen molar-refractivity contribution in [1.82, 2.24) is 4.98 Å². The molecule has 4 rings (SSSR count). The first-order valence-corrected chi connectivity index (χ1v) is 10.5. The first kappa shape index (κ1) is 22.5. The highest BCUT2D eigenvalue weighted by Gasteiger charge is 2.45. The van der Waals surface area contributed by atoms with Gasteiger partial charge in [-0.05, 0) is 48.7 Å². The van der Waals surface area contributed by atoms with E-state index in [0.29, 0.717) is 18.8 Å². The normalized spacial score (nSPS) is 25.7. The van der Waals surface area contributed by atoms with Crippen molar-refractivity contribution in [2.24, 2.45) is 0 Å². The predicted octanol–water partition coefficient (Wildman–Crippen LogP) is 1.27. The van der Waals surface area contributed by atoms with Crippen LogP contribution >= 0.6 is 0 Å². The summed E-state index contributed by atoms with van der Waals surface area (Å²) in [4.78, 5) is 14.0. The number of aliphatic hydroxyl groups is 4. The summed E-state index contributed by atoms with van der Waals surface area (Å²) in [6, 6.07) is 13.2. The van der Waals surface area contributed by atoms with Gasteiger partial charge in [0.2, 0.25) is 0 Å². The number of ether oxygens (including phenoxy) is 2. The highest BCUT2D eigenvalue weighted by molar-refractivity contribution is 5.89. The smallest absolute Gasteiger partial charge is 0.188 e. The highest BCUT2D eigenvalue weighted by atomic mass is 17.2. The average molecular weight is 445 g/mol. The Bertz CT molecular complexity index is 1020. The minimum Gasteiger partial charge on any atom is -0.494 e. The molecule has 9 heteroatoms. The van der Waals surface area contributed by atoms with E-state index in [4.69, 9.17) is 19.2 Å². The van der Waals surface area contributed by atoms with E-state index in [0.717, 1.165) is 27.8 Å². The Balaban J connectivity index is 1.52. The number of rotatable bonds is 8. The van der Waals surface area contributed by atoms with Gasteiger partial charge in [0.1, 0.15) is 24.1 Å². The van der Waals surface area contributed by atoms with E-state index >= 15 is 0 Å². The van der Waals surface area contributed by atoms with Crippen molar-refractivity contribution in [3.63, 3.8) is 0 Å². The summed E-state index contributed by atoms with van der Waals surface area (Å²) in [5.41, 5.74) is 2.87. The number of aromatic amines is 1. The zero-order valence-corrected chi connectivity index (χ0v) is 17.5. The molecule has 1 saturated heterocycles. The summed E-state index contributed by atoms with van der Waals surface area (Å²) >= 11 is 0. The van der Waals surface area contributed by atoms with E-state index < -0.39 is 37.3 Å². The van der Waals surface area contributed by atoms with Crippen LogP contribution in [0.3, 0.4) is 0 Å². The van der Waals surface area contributed by atoms with Crippen LogP contribution in [0.15, 0.2) is 48.7 Å². The van der Waals surface area contributed by atoms with Crippen LogP contribution in [0.2, 0.25) is 0 Å². The quantitative estimate of drug-likeness (QED) is 0.259.